The van der Waals surface area contributed by atoms with E-state index in [1.54, 1.807) is 0 Å². The van der Waals surface area contributed by atoms with Gasteiger partial charge in [-0.1, -0.05) is 18.9 Å². The van der Waals surface area contributed by atoms with E-state index in [4.69, 9.17) is 0 Å². The van der Waals surface area contributed by atoms with E-state index in [9.17, 15) is 9.90 Å². The highest BCUT2D eigenvalue weighted by molar-refractivity contribution is 5.97. The average Bonchev–Trinajstić information content (AvgIpc) is 3.01. The molecule has 0 bridgehead atoms. The number of carbonyl (C=O) groups excluding carboxylic acids is 1. The van der Waals surface area contributed by atoms with Crippen molar-refractivity contribution in [1.29, 1.82) is 0 Å². The summed E-state index contributed by atoms with van der Waals surface area (Å²) in [7, 11) is 0. The van der Waals surface area contributed by atoms with Gasteiger partial charge in [0.25, 0.3) is 5.91 Å². The van der Waals surface area contributed by atoms with Crippen molar-refractivity contribution in [2.75, 3.05) is 25.0 Å². The second-order valence-corrected chi connectivity index (χ2v) is 6.41. The lowest BCUT2D eigenvalue weighted by atomic mass is 9.87. The molecule has 0 radical (unpaired) electrons. The van der Waals surface area contributed by atoms with Gasteiger partial charge in [-0.05, 0) is 43.4 Å². The van der Waals surface area contributed by atoms with Gasteiger partial charge in [0.2, 0.25) is 0 Å². The van der Waals surface area contributed by atoms with Crippen molar-refractivity contribution in [2.24, 2.45) is 5.41 Å². The Morgan fingerprint density at radius 2 is 2.10 bits per heavy atom. The number of amides is 1. The molecule has 4 heteroatoms. The molecule has 1 aliphatic heterocycles. The molecule has 1 fully saturated rings. The summed E-state index contributed by atoms with van der Waals surface area (Å²) in [5.41, 5.74) is 2.91. The summed E-state index contributed by atoms with van der Waals surface area (Å²) in [6, 6.07) is 5.88. The first-order valence-electron chi connectivity index (χ1n) is 7.99. The normalized spacial score (nSPS) is 19.7. The van der Waals surface area contributed by atoms with E-state index in [1.165, 1.54) is 0 Å². The fraction of sp³-hybridized carbons (Fsp3) is 0.588. The number of anilines is 1. The monoisotopic (exact) mass is 288 g/mol. The Balaban J connectivity index is 1.71. The van der Waals surface area contributed by atoms with Gasteiger partial charge >= 0.3 is 0 Å². The number of hydrogen-bond acceptors (Lipinski definition) is 3. The van der Waals surface area contributed by atoms with Crippen LogP contribution in [-0.2, 0) is 6.42 Å². The van der Waals surface area contributed by atoms with Crippen LogP contribution in [0.1, 0.15) is 48.0 Å². The molecule has 1 saturated carbocycles. The predicted octanol–water partition coefficient (Wildman–Crippen LogP) is 2.33. The molecule has 0 aromatic heterocycles. The van der Waals surface area contributed by atoms with Crippen LogP contribution in [0.15, 0.2) is 18.2 Å². The van der Waals surface area contributed by atoms with Crippen LogP contribution >= 0.6 is 0 Å². The number of carbonyl (C=O) groups is 1. The Kier molecular flexibility index (Phi) is 4.15. The van der Waals surface area contributed by atoms with E-state index < -0.39 is 0 Å². The largest absolute Gasteiger partial charge is 0.396 e. The number of fused-ring (bicyclic) bond motifs is 1. The lowest BCUT2D eigenvalue weighted by molar-refractivity contribution is 0.0879. The van der Waals surface area contributed by atoms with E-state index in [0.717, 1.165) is 61.9 Å². The van der Waals surface area contributed by atoms with Crippen molar-refractivity contribution in [3.8, 4) is 0 Å². The van der Waals surface area contributed by atoms with Gasteiger partial charge in [-0.25, -0.2) is 0 Å². The van der Waals surface area contributed by atoms with E-state index >= 15 is 0 Å². The Morgan fingerprint density at radius 3 is 2.86 bits per heavy atom. The standard InChI is InChI=1S/C17H24N2O2/c20-12-17(8-1-2-9-17)11-19-16(21)14-5-3-7-15-13(14)6-4-10-18-15/h3,5,7,18,20H,1-2,4,6,8-12H2,(H,19,21). The average molecular weight is 288 g/mol. The molecule has 4 nitrogen and oxygen atoms in total. The van der Waals surface area contributed by atoms with Gasteiger partial charge in [-0.3, -0.25) is 4.79 Å². The number of hydrogen-bond donors (Lipinski definition) is 3. The van der Waals surface area contributed by atoms with Crippen LogP contribution in [0.5, 0.6) is 0 Å². The van der Waals surface area contributed by atoms with Gasteiger partial charge in [0.05, 0.1) is 6.61 Å². The Morgan fingerprint density at radius 1 is 1.29 bits per heavy atom. The second kappa shape index (κ2) is 6.06. The minimum atomic E-state index is -0.0945. The van der Waals surface area contributed by atoms with E-state index in [0.29, 0.717) is 6.54 Å². The molecule has 21 heavy (non-hydrogen) atoms. The highest BCUT2D eigenvalue weighted by atomic mass is 16.3. The zero-order valence-corrected chi connectivity index (χ0v) is 12.5. The molecular formula is C17H24N2O2. The highest BCUT2D eigenvalue weighted by Gasteiger charge is 2.33. The zero-order chi connectivity index (χ0) is 14.7. The number of aliphatic hydroxyl groups is 1. The lowest BCUT2D eigenvalue weighted by Crippen LogP contribution is -2.38. The number of benzene rings is 1. The maximum atomic E-state index is 12.5. The molecule has 0 unspecified atom stereocenters. The molecule has 114 valence electrons. The maximum absolute atomic E-state index is 12.5. The van der Waals surface area contributed by atoms with Crippen LogP contribution in [0.25, 0.3) is 0 Å². The number of aliphatic hydroxyl groups excluding tert-OH is 1. The molecule has 3 N–H and O–H groups in total. The summed E-state index contributed by atoms with van der Waals surface area (Å²) in [4.78, 5) is 12.5. The third kappa shape index (κ3) is 2.91. The summed E-state index contributed by atoms with van der Waals surface area (Å²) >= 11 is 0. The van der Waals surface area contributed by atoms with Crippen LogP contribution in [0.3, 0.4) is 0 Å². The number of rotatable bonds is 4. The minimum Gasteiger partial charge on any atom is -0.396 e. The van der Waals surface area contributed by atoms with Crippen molar-refractivity contribution in [3.05, 3.63) is 29.3 Å². The fourth-order valence-electron chi connectivity index (χ4n) is 3.60. The Bertz CT molecular complexity index is 522. The van der Waals surface area contributed by atoms with E-state index in [2.05, 4.69) is 10.6 Å². The van der Waals surface area contributed by atoms with Gasteiger partial charge in [0.1, 0.15) is 0 Å². The van der Waals surface area contributed by atoms with Crippen LogP contribution in [0.2, 0.25) is 0 Å². The van der Waals surface area contributed by atoms with Gasteiger partial charge in [0, 0.05) is 29.8 Å². The van der Waals surface area contributed by atoms with Crippen molar-refractivity contribution in [1.82, 2.24) is 5.32 Å². The summed E-state index contributed by atoms with van der Waals surface area (Å²) in [6.45, 7) is 1.73. The smallest absolute Gasteiger partial charge is 0.251 e. The quantitative estimate of drug-likeness (QED) is 0.797. The highest BCUT2D eigenvalue weighted by Crippen LogP contribution is 2.37. The number of nitrogens with one attached hydrogen (secondary N) is 2. The van der Waals surface area contributed by atoms with Crippen LogP contribution in [-0.4, -0.2) is 30.7 Å². The fourth-order valence-corrected chi connectivity index (χ4v) is 3.60. The topological polar surface area (TPSA) is 61.4 Å². The second-order valence-electron chi connectivity index (χ2n) is 6.41. The van der Waals surface area contributed by atoms with Crippen molar-refractivity contribution < 1.29 is 9.90 Å². The van der Waals surface area contributed by atoms with Gasteiger partial charge in [0.15, 0.2) is 0 Å². The molecule has 1 aliphatic carbocycles. The maximum Gasteiger partial charge on any atom is 0.251 e. The Hall–Kier alpha value is -1.55. The molecule has 0 atom stereocenters. The molecule has 1 aromatic carbocycles. The molecule has 0 saturated heterocycles. The minimum absolute atomic E-state index is 0.00438. The first kappa shape index (κ1) is 14.4. The molecule has 1 aromatic rings. The molecule has 2 aliphatic rings. The molecule has 0 spiro atoms. The summed E-state index contributed by atoms with van der Waals surface area (Å²) in [5.74, 6) is -0.00438. The molecule has 1 heterocycles. The molecule has 1 amide bonds. The third-order valence-electron chi connectivity index (χ3n) is 4.96. The first-order valence-corrected chi connectivity index (χ1v) is 7.99. The van der Waals surface area contributed by atoms with Crippen molar-refractivity contribution in [3.63, 3.8) is 0 Å². The van der Waals surface area contributed by atoms with Crippen molar-refractivity contribution in [2.45, 2.75) is 38.5 Å². The lowest BCUT2D eigenvalue weighted by Gasteiger charge is -2.27. The van der Waals surface area contributed by atoms with Crippen LogP contribution < -0.4 is 10.6 Å². The van der Waals surface area contributed by atoms with E-state index in [-0.39, 0.29) is 17.9 Å². The van der Waals surface area contributed by atoms with Crippen molar-refractivity contribution >= 4 is 11.6 Å². The van der Waals surface area contributed by atoms with Gasteiger partial charge < -0.3 is 15.7 Å². The third-order valence-corrected chi connectivity index (χ3v) is 4.96. The van der Waals surface area contributed by atoms with E-state index in [1.807, 2.05) is 18.2 Å². The molecular weight excluding hydrogens is 264 g/mol. The SMILES string of the molecule is O=C(NCC1(CO)CCCC1)c1cccc2c1CCCN2. The Labute approximate surface area is 125 Å². The van der Waals surface area contributed by atoms with Gasteiger partial charge in [-0.2, -0.15) is 0 Å². The predicted molar refractivity (Wildman–Crippen MR) is 83.6 cm³/mol. The molecule has 3 rings (SSSR count). The summed E-state index contributed by atoms with van der Waals surface area (Å²) < 4.78 is 0. The van der Waals surface area contributed by atoms with Crippen LogP contribution in [0, 0.1) is 5.41 Å². The summed E-state index contributed by atoms with van der Waals surface area (Å²) in [6.07, 6.45) is 6.35. The first-order chi connectivity index (χ1) is 10.2. The van der Waals surface area contributed by atoms with Crippen LogP contribution in [0.4, 0.5) is 5.69 Å². The summed E-state index contributed by atoms with van der Waals surface area (Å²) in [5, 5.41) is 16.0. The van der Waals surface area contributed by atoms with Gasteiger partial charge in [-0.15, -0.1) is 0 Å². The zero-order valence-electron chi connectivity index (χ0n) is 12.5.